The Hall–Kier alpha value is -2.89. The number of hydrogen-bond donors (Lipinski definition) is 1. The van der Waals surface area contributed by atoms with Crippen LogP contribution in [0, 0.1) is 5.82 Å². The number of benzene rings is 1. The summed E-state index contributed by atoms with van der Waals surface area (Å²) in [7, 11) is 0. The van der Waals surface area contributed by atoms with E-state index in [9.17, 15) is 9.18 Å². The minimum atomic E-state index is -0.349. The zero-order chi connectivity index (χ0) is 16.9. The van der Waals surface area contributed by atoms with Gasteiger partial charge in [0.25, 0.3) is 0 Å². The van der Waals surface area contributed by atoms with Crippen molar-refractivity contribution in [2.45, 2.75) is 19.8 Å². The molecule has 24 heavy (non-hydrogen) atoms. The van der Waals surface area contributed by atoms with Crippen molar-refractivity contribution in [3.63, 3.8) is 0 Å². The Morgan fingerprint density at radius 2 is 2.08 bits per heavy atom. The van der Waals surface area contributed by atoms with E-state index in [-0.39, 0.29) is 18.1 Å². The third-order valence-electron chi connectivity index (χ3n) is 3.43. The van der Waals surface area contributed by atoms with Crippen LogP contribution in [-0.2, 0) is 11.2 Å². The molecule has 3 rings (SSSR count). The lowest BCUT2D eigenvalue weighted by molar-refractivity contribution is -0.115. The maximum Gasteiger partial charge on any atom is 0.230 e. The van der Waals surface area contributed by atoms with E-state index in [4.69, 9.17) is 4.74 Å². The third kappa shape index (κ3) is 3.71. The number of nitrogens with zero attached hydrogens (tertiary/aromatic N) is 2. The van der Waals surface area contributed by atoms with Crippen molar-refractivity contribution in [3.8, 4) is 5.75 Å². The van der Waals surface area contributed by atoms with Crippen molar-refractivity contribution >= 4 is 17.2 Å². The molecule has 0 saturated heterocycles. The quantitative estimate of drug-likeness (QED) is 0.754. The summed E-state index contributed by atoms with van der Waals surface area (Å²) in [5, 5.41) is 2.84. The highest BCUT2D eigenvalue weighted by Crippen LogP contribution is 2.24. The molecule has 0 spiro atoms. The molecule has 0 aliphatic carbocycles. The van der Waals surface area contributed by atoms with Crippen molar-refractivity contribution in [3.05, 3.63) is 60.3 Å². The highest BCUT2D eigenvalue weighted by atomic mass is 19.1. The van der Waals surface area contributed by atoms with Crippen molar-refractivity contribution in [1.29, 1.82) is 0 Å². The molecule has 0 atom stereocenters. The van der Waals surface area contributed by atoms with E-state index in [2.05, 4.69) is 10.3 Å². The number of anilines is 1. The molecule has 0 aliphatic rings. The molecule has 0 aliphatic heterocycles. The second-order valence-electron chi connectivity index (χ2n) is 5.41. The summed E-state index contributed by atoms with van der Waals surface area (Å²) in [4.78, 5) is 16.6. The first kappa shape index (κ1) is 16.0. The van der Waals surface area contributed by atoms with Crippen molar-refractivity contribution in [2.24, 2.45) is 0 Å². The number of para-hydroxylation sites is 2. The third-order valence-corrected chi connectivity index (χ3v) is 3.43. The summed E-state index contributed by atoms with van der Waals surface area (Å²) in [6, 6.07) is 10.2. The van der Waals surface area contributed by atoms with Crippen molar-refractivity contribution < 1.29 is 13.9 Å². The lowest BCUT2D eigenvalue weighted by Gasteiger charge is -2.11. The first-order chi connectivity index (χ1) is 11.7. The fourth-order valence-corrected chi connectivity index (χ4v) is 2.37. The standard InChI is InChI=1S/C18H18FN3O2/c1-2-9-24-16-6-4-3-5-15(16)21-18(23)10-14-12-22-11-13(19)7-8-17(22)20-14/h3-8,11-12H,2,9-10H2,1H3,(H,21,23). The summed E-state index contributed by atoms with van der Waals surface area (Å²) in [6.45, 7) is 2.61. The van der Waals surface area contributed by atoms with Gasteiger partial charge in [0.1, 0.15) is 17.2 Å². The van der Waals surface area contributed by atoms with E-state index in [1.165, 1.54) is 12.3 Å². The Balaban J connectivity index is 1.71. The van der Waals surface area contributed by atoms with Gasteiger partial charge in [0.2, 0.25) is 5.91 Å². The number of aromatic nitrogens is 2. The Bertz CT molecular complexity index is 860. The minimum Gasteiger partial charge on any atom is -0.491 e. The molecule has 0 radical (unpaired) electrons. The molecule has 0 saturated carbocycles. The van der Waals surface area contributed by atoms with Gasteiger partial charge < -0.3 is 14.5 Å². The Kier molecular flexibility index (Phi) is 4.74. The maximum atomic E-state index is 13.2. The zero-order valence-corrected chi connectivity index (χ0v) is 13.3. The molecule has 124 valence electrons. The molecule has 5 nitrogen and oxygen atoms in total. The molecule has 3 aromatic rings. The first-order valence-corrected chi connectivity index (χ1v) is 7.80. The van der Waals surface area contributed by atoms with Crippen LogP contribution in [0.1, 0.15) is 19.0 Å². The molecule has 0 fully saturated rings. The smallest absolute Gasteiger partial charge is 0.230 e. The number of ether oxygens (including phenoxy) is 1. The van der Waals surface area contributed by atoms with Gasteiger partial charge in [-0.2, -0.15) is 0 Å². The van der Waals surface area contributed by atoms with Gasteiger partial charge in [-0.25, -0.2) is 9.37 Å². The van der Waals surface area contributed by atoms with Crippen LogP contribution in [0.25, 0.3) is 5.65 Å². The SMILES string of the molecule is CCCOc1ccccc1NC(=O)Cc1cn2cc(F)ccc2n1. The predicted molar refractivity (Wildman–Crippen MR) is 89.7 cm³/mol. The molecule has 2 aromatic heterocycles. The zero-order valence-electron chi connectivity index (χ0n) is 13.3. The lowest BCUT2D eigenvalue weighted by Crippen LogP contribution is -2.15. The molecule has 1 N–H and O–H groups in total. The van der Waals surface area contributed by atoms with Gasteiger partial charge in [-0.15, -0.1) is 0 Å². The second-order valence-corrected chi connectivity index (χ2v) is 5.41. The van der Waals surface area contributed by atoms with Crippen LogP contribution in [0.5, 0.6) is 5.75 Å². The van der Waals surface area contributed by atoms with E-state index in [1.54, 1.807) is 22.7 Å². The molecule has 0 bridgehead atoms. The van der Waals surface area contributed by atoms with Crippen LogP contribution in [0.15, 0.2) is 48.8 Å². The van der Waals surface area contributed by atoms with Crippen LogP contribution in [-0.4, -0.2) is 21.9 Å². The molecular weight excluding hydrogens is 309 g/mol. The van der Waals surface area contributed by atoms with Crippen molar-refractivity contribution in [2.75, 3.05) is 11.9 Å². The summed E-state index contributed by atoms with van der Waals surface area (Å²) in [5.74, 6) is 0.0918. The Morgan fingerprint density at radius 3 is 2.92 bits per heavy atom. The van der Waals surface area contributed by atoms with Gasteiger partial charge >= 0.3 is 0 Å². The minimum absolute atomic E-state index is 0.103. The summed E-state index contributed by atoms with van der Waals surface area (Å²) < 4.78 is 20.4. The number of amides is 1. The molecular formula is C18H18FN3O2. The average molecular weight is 327 g/mol. The fourth-order valence-electron chi connectivity index (χ4n) is 2.37. The molecule has 0 unspecified atom stereocenters. The summed E-state index contributed by atoms with van der Waals surface area (Å²) >= 11 is 0. The molecule has 2 heterocycles. The van der Waals surface area contributed by atoms with E-state index in [0.29, 0.717) is 29.4 Å². The molecule has 6 heteroatoms. The maximum absolute atomic E-state index is 13.2. The van der Waals surface area contributed by atoms with Crippen molar-refractivity contribution in [1.82, 2.24) is 9.38 Å². The van der Waals surface area contributed by atoms with Gasteiger partial charge in [-0.3, -0.25) is 4.79 Å². The predicted octanol–water partition coefficient (Wildman–Crippen LogP) is 3.44. The van der Waals surface area contributed by atoms with Gasteiger partial charge in [-0.1, -0.05) is 19.1 Å². The topological polar surface area (TPSA) is 55.6 Å². The highest BCUT2D eigenvalue weighted by Gasteiger charge is 2.11. The van der Waals surface area contributed by atoms with Gasteiger partial charge in [0.15, 0.2) is 0 Å². The average Bonchev–Trinajstić information content (AvgIpc) is 2.95. The molecule has 1 aromatic carbocycles. The van der Waals surface area contributed by atoms with Crippen LogP contribution in [0.4, 0.5) is 10.1 Å². The monoisotopic (exact) mass is 327 g/mol. The number of nitrogens with one attached hydrogen (secondary N) is 1. The van der Waals surface area contributed by atoms with Crippen LogP contribution in [0.3, 0.4) is 0 Å². The normalized spacial score (nSPS) is 10.8. The number of carbonyl (C=O) groups excluding carboxylic acids is 1. The van der Waals surface area contributed by atoms with Gasteiger partial charge in [0.05, 0.1) is 24.4 Å². The fraction of sp³-hybridized carbons (Fsp3) is 0.222. The van der Waals surface area contributed by atoms with Crippen LogP contribution >= 0.6 is 0 Å². The van der Waals surface area contributed by atoms with Crippen LogP contribution in [0.2, 0.25) is 0 Å². The largest absolute Gasteiger partial charge is 0.491 e. The van der Waals surface area contributed by atoms with Crippen LogP contribution < -0.4 is 10.1 Å². The van der Waals surface area contributed by atoms with E-state index >= 15 is 0 Å². The number of imidazole rings is 1. The Labute approximate surface area is 139 Å². The highest BCUT2D eigenvalue weighted by molar-refractivity contribution is 5.93. The number of rotatable bonds is 6. The van der Waals surface area contributed by atoms with E-state index in [0.717, 1.165) is 6.42 Å². The summed E-state index contributed by atoms with van der Waals surface area (Å²) in [5.41, 5.74) is 1.81. The van der Waals surface area contributed by atoms with Gasteiger partial charge in [0, 0.05) is 12.4 Å². The van der Waals surface area contributed by atoms with E-state index < -0.39 is 0 Å². The van der Waals surface area contributed by atoms with Gasteiger partial charge in [-0.05, 0) is 30.7 Å². The number of hydrogen-bond acceptors (Lipinski definition) is 3. The molecule has 1 amide bonds. The Morgan fingerprint density at radius 1 is 1.25 bits per heavy atom. The number of halogens is 1. The number of carbonyl (C=O) groups is 1. The first-order valence-electron chi connectivity index (χ1n) is 7.80. The second kappa shape index (κ2) is 7.12. The number of fused-ring (bicyclic) bond motifs is 1. The van der Waals surface area contributed by atoms with E-state index in [1.807, 2.05) is 25.1 Å². The lowest BCUT2D eigenvalue weighted by atomic mass is 10.2. The summed E-state index contributed by atoms with van der Waals surface area (Å²) in [6.07, 6.45) is 3.97. The number of pyridine rings is 1.